The van der Waals surface area contributed by atoms with Gasteiger partial charge in [0, 0.05) is 35.9 Å². The fourth-order valence-corrected chi connectivity index (χ4v) is 3.01. The van der Waals surface area contributed by atoms with Gasteiger partial charge in [0.15, 0.2) is 6.29 Å². The third-order valence-corrected chi connectivity index (χ3v) is 4.04. The van der Waals surface area contributed by atoms with Crippen LogP contribution in [0.25, 0.3) is 0 Å². The predicted octanol–water partition coefficient (Wildman–Crippen LogP) is 2.14. The van der Waals surface area contributed by atoms with Crippen LogP contribution in [0.3, 0.4) is 0 Å². The highest BCUT2D eigenvalue weighted by molar-refractivity contribution is 7.99. The van der Waals surface area contributed by atoms with Crippen LogP contribution in [-0.4, -0.2) is 35.4 Å². The summed E-state index contributed by atoms with van der Waals surface area (Å²) in [5.41, 5.74) is 1.74. The second-order valence-corrected chi connectivity index (χ2v) is 5.29. The summed E-state index contributed by atoms with van der Waals surface area (Å²) in [4.78, 5) is 17.4. The number of rotatable bonds is 2. The number of anilines is 1. The molecule has 0 amide bonds. The van der Waals surface area contributed by atoms with Crippen LogP contribution in [0.5, 0.6) is 0 Å². The van der Waals surface area contributed by atoms with Crippen LogP contribution in [0, 0.1) is 6.92 Å². The molecule has 0 aliphatic carbocycles. The van der Waals surface area contributed by atoms with E-state index < -0.39 is 0 Å². The van der Waals surface area contributed by atoms with Gasteiger partial charge in [-0.25, -0.2) is 4.98 Å². The highest BCUT2D eigenvalue weighted by Gasteiger charge is 2.21. The summed E-state index contributed by atoms with van der Waals surface area (Å²) in [6, 6.07) is 2.43. The number of hydrogen-bond acceptors (Lipinski definition) is 4. The van der Waals surface area contributed by atoms with E-state index in [2.05, 4.69) is 16.8 Å². The summed E-state index contributed by atoms with van der Waals surface area (Å²) in [5.74, 6) is 3.33. The van der Waals surface area contributed by atoms with Crippen LogP contribution >= 0.6 is 11.8 Å². The second-order valence-electron chi connectivity index (χ2n) is 4.14. The second kappa shape index (κ2) is 4.87. The molecule has 86 valence electrons. The number of pyridine rings is 1. The van der Waals surface area contributed by atoms with Crippen molar-refractivity contribution < 1.29 is 4.79 Å². The molecule has 0 radical (unpaired) electrons. The Balaban J connectivity index is 2.28. The molecule has 0 spiro atoms. The summed E-state index contributed by atoms with van der Waals surface area (Å²) in [7, 11) is 0. The average Bonchev–Trinajstić information content (AvgIpc) is 2.30. The van der Waals surface area contributed by atoms with Crippen molar-refractivity contribution in [2.75, 3.05) is 23.0 Å². The predicted molar refractivity (Wildman–Crippen MR) is 68.5 cm³/mol. The molecule has 16 heavy (non-hydrogen) atoms. The minimum absolute atomic E-state index is 0.520. The Kier molecular flexibility index (Phi) is 3.49. The number of carbonyl (C=O) groups is 1. The molecule has 2 rings (SSSR count). The van der Waals surface area contributed by atoms with Crippen molar-refractivity contribution in [1.29, 1.82) is 0 Å². The highest BCUT2D eigenvalue weighted by atomic mass is 32.2. The number of hydrogen-bond donors (Lipinski definition) is 0. The quantitative estimate of drug-likeness (QED) is 0.737. The molecule has 2 heterocycles. The first-order valence-corrected chi connectivity index (χ1v) is 6.64. The van der Waals surface area contributed by atoms with Crippen molar-refractivity contribution >= 4 is 23.9 Å². The van der Waals surface area contributed by atoms with Crippen LogP contribution in [0.15, 0.2) is 12.3 Å². The lowest BCUT2D eigenvalue weighted by atomic mass is 10.2. The topological polar surface area (TPSA) is 33.2 Å². The van der Waals surface area contributed by atoms with E-state index in [1.807, 2.05) is 24.8 Å². The lowest BCUT2D eigenvalue weighted by Gasteiger charge is -2.34. The van der Waals surface area contributed by atoms with Crippen molar-refractivity contribution in [2.45, 2.75) is 19.9 Å². The van der Waals surface area contributed by atoms with E-state index in [1.54, 1.807) is 6.20 Å². The van der Waals surface area contributed by atoms with E-state index in [-0.39, 0.29) is 0 Å². The van der Waals surface area contributed by atoms with E-state index >= 15 is 0 Å². The van der Waals surface area contributed by atoms with Crippen LogP contribution in [0.4, 0.5) is 5.82 Å². The Morgan fingerprint density at radius 3 is 3.06 bits per heavy atom. The van der Waals surface area contributed by atoms with E-state index in [4.69, 9.17) is 0 Å². The smallest absolute Gasteiger partial charge is 0.151 e. The van der Waals surface area contributed by atoms with Gasteiger partial charge in [-0.1, -0.05) is 0 Å². The van der Waals surface area contributed by atoms with E-state index in [1.165, 1.54) is 0 Å². The minimum atomic E-state index is 0.520. The SMILES string of the molecule is Cc1cc(C=O)cnc1N1CCSCC1C. The molecule has 0 bridgehead atoms. The summed E-state index contributed by atoms with van der Waals surface area (Å²) in [5, 5.41) is 0. The minimum Gasteiger partial charge on any atom is -0.352 e. The molecule has 1 aliphatic rings. The van der Waals surface area contributed by atoms with Gasteiger partial charge < -0.3 is 4.90 Å². The first-order valence-electron chi connectivity index (χ1n) is 5.48. The lowest BCUT2D eigenvalue weighted by molar-refractivity contribution is 0.112. The average molecular weight is 236 g/mol. The number of aldehydes is 1. The first-order chi connectivity index (χ1) is 7.72. The largest absolute Gasteiger partial charge is 0.352 e. The number of thioether (sulfide) groups is 1. The van der Waals surface area contributed by atoms with Gasteiger partial charge in [-0.15, -0.1) is 0 Å². The zero-order valence-corrected chi connectivity index (χ0v) is 10.5. The molecule has 1 atom stereocenters. The zero-order chi connectivity index (χ0) is 11.5. The van der Waals surface area contributed by atoms with Gasteiger partial charge in [-0.2, -0.15) is 11.8 Å². The molecule has 0 saturated carbocycles. The Labute approximate surface area is 100 Å². The third-order valence-electron chi connectivity index (χ3n) is 2.85. The van der Waals surface area contributed by atoms with Gasteiger partial charge in [-0.05, 0) is 25.5 Å². The maximum absolute atomic E-state index is 10.7. The molecule has 1 aromatic rings. The van der Waals surface area contributed by atoms with E-state index in [0.717, 1.165) is 35.7 Å². The number of nitrogens with zero attached hydrogens (tertiary/aromatic N) is 2. The molecule has 0 N–H and O–H groups in total. The van der Waals surface area contributed by atoms with Gasteiger partial charge in [0.1, 0.15) is 5.82 Å². The van der Waals surface area contributed by atoms with Gasteiger partial charge in [0.25, 0.3) is 0 Å². The Bertz CT molecular complexity index is 395. The fourth-order valence-electron chi connectivity index (χ4n) is 2.00. The zero-order valence-electron chi connectivity index (χ0n) is 9.64. The highest BCUT2D eigenvalue weighted by Crippen LogP contribution is 2.25. The molecular formula is C12H16N2OS. The molecule has 3 nitrogen and oxygen atoms in total. The van der Waals surface area contributed by atoms with Crippen LogP contribution in [0.2, 0.25) is 0 Å². The number of aryl methyl sites for hydroxylation is 1. The molecule has 1 unspecified atom stereocenters. The van der Waals surface area contributed by atoms with Crippen molar-refractivity contribution in [1.82, 2.24) is 4.98 Å². The Morgan fingerprint density at radius 2 is 2.44 bits per heavy atom. The molecule has 0 aromatic carbocycles. The monoisotopic (exact) mass is 236 g/mol. The summed E-state index contributed by atoms with van der Waals surface area (Å²) in [6.45, 7) is 5.28. The molecule has 1 aliphatic heterocycles. The van der Waals surface area contributed by atoms with Crippen LogP contribution in [0.1, 0.15) is 22.8 Å². The maximum atomic E-state index is 10.7. The molecule has 1 saturated heterocycles. The molecule has 1 aromatic heterocycles. The van der Waals surface area contributed by atoms with Crippen molar-refractivity contribution in [3.8, 4) is 0 Å². The van der Waals surface area contributed by atoms with Crippen LogP contribution < -0.4 is 4.90 Å². The maximum Gasteiger partial charge on any atom is 0.151 e. The first kappa shape index (κ1) is 11.5. The van der Waals surface area contributed by atoms with Crippen LogP contribution in [-0.2, 0) is 0 Å². The summed E-state index contributed by atoms with van der Waals surface area (Å²) >= 11 is 1.99. The van der Waals surface area contributed by atoms with E-state index in [0.29, 0.717) is 11.6 Å². The Morgan fingerprint density at radius 1 is 1.62 bits per heavy atom. The lowest BCUT2D eigenvalue weighted by Crippen LogP contribution is -2.41. The van der Waals surface area contributed by atoms with Gasteiger partial charge in [0.05, 0.1) is 0 Å². The van der Waals surface area contributed by atoms with Gasteiger partial charge in [0.2, 0.25) is 0 Å². The van der Waals surface area contributed by atoms with Crippen molar-refractivity contribution in [3.63, 3.8) is 0 Å². The van der Waals surface area contributed by atoms with Crippen molar-refractivity contribution in [3.05, 3.63) is 23.4 Å². The third kappa shape index (κ3) is 2.21. The number of carbonyl (C=O) groups excluding carboxylic acids is 1. The number of aromatic nitrogens is 1. The molecular weight excluding hydrogens is 220 g/mol. The van der Waals surface area contributed by atoms with Gasteiger partial charge in [-0.3, -0.25) is 4.79 Å². The molecule has 1 fully saturated rings. The summed E-state index contributed by atoms with van der Waals surface area (Å²) < 4.78 is 0. The van der Waals surface area contributed by atoms with Crippen molar-refractivity contribution in [2.24, 2.45) is 0 Å². The normalized spacial score (nSPS) is 20.9. The summed E-state index contributed by atoms with van der Waals surface area (Å²) in [6.07, 6.45) is 2.50. The van der Waals surface area contributed by atoms with E-state index in [9.17, 15) is 4.79 Å². The Hall–Kier alpha value is -1.03. The fraction of sp³-hybridized carbons (Fsp3) is 0.500. The van der Waals surface area contributed by atoms with Gasteiger partial charge >= 0.3 is 0 Å². The molecule has 4 heteroatoms. The standard InChI is InChI=1S/C12H16N2OS/c1-9-5-11(7-15)6-13-12(9)14-3-4-16-8-10(14)2/h5-7,10H,3-4,8H2,1-2H3.